The van der Waals surface area contributed by atoms with Crippen LogP contribution in [0.3, 0.4) is 0 Å². The molecule has 130 valence electrons. The Morgan fingerprint density at radius 1 is 0.957 bits per heavy atom. The van der Waals surface area contributed by atoms with Crippen molar-refractivity contribution in [1.82, 2.24) is 9.80 Å². The van der Waals surface area contributed by atoms with E-state index in [-0.39, 0.29) is 6.10 Å². The third kappa shape index (κ3) is 6.77. The molecule has 0 saturated carbocycles. The minimum Gasteiger partial charge on any atom is -0.487 e. The summed E-state index contributed by atoms with van der Waals surface area (Å²) >= 11 is 0. The molecular weight excluding hydrogens is 292 g/mol. The quantitative estimate of drug-likeness (QED) is 0.651. The van der Waals surface area contributed by atoms with Crippen molar-refractivity contribution in [2.45, 2.75) is 20.0 Å². The van der Waals surface area contributed by atoms with Crippen molar-refractivity contribution in [1.29, 1.82) is 0 Å². The second-order valence-corrected chi connectivity index (χ2v) is 6.22. The minimum atomic E-state index is 0.139. The topological polar surface area (TPSA) is 34.2 Å². The van der Waals surface area contributed by atoms with Gasteiger partial charge in [-0.2, -0.15) is 0 Å². The molecule has 2 rings (SSSR count). The lowest BCUT2D eigenvalue weighted by molar-refractivity contribution is 0.0649. The molecule has 0 radical (unpaired) electrons. The van der Waals surface area contributed by atoms with Gasteiger partial charge in [0.2, 0.25) is 0 Å². The largest absolute Gasteiger partial charge is 0.487 e. The molecule has 5 nitrogen and oxygen atoms in total. The summed E-state index contributed by atoms with van der Waals surface area (Å²) in [6.45, 7) is 11.5. The van der Waals surface area contributed by atoms with Gasteiger partial charge in [0, 0.05) is 32.7 Å². The second-order valence-electron chi connectivity index (χ2n) is 6.22. The van der Waals surface area contributed by atoms with E-state index in [1.807, 2.05) is 38.1 Å². The van der Waals surface area contributed by atoms with Gasteiger partial charge in [-0.05, 0) is 33.0 Å². The molecule has 1 aliphatic heterocycles. The van der Waals surface area contributed by atoms with Crippen LogP contribution in [0.2, 0.25) is 0 Å². The molecule has 0 atom stereocenters. The fraction of sp³-hybridized carbons (Fsp3) is 0.667. The molecular formula is C18H30N2O3. The number of ether oxygens (including phenoxy) is 3. The number of hydrogen-bond donors (Lipinski definition) is 0. The Bertz CT molecular complexity index is 446. The highest BCUT2D eigenvalue weighted by molar-refractivity contribution is 5.39. The monoisotopic (exact) mass is 322 g/mol. The number of nitrogens with zero attached hydrogens (tertiary/aromatic N) is 2. The first-order valence-corrected chi connectivity index (χ1v) is 8.52. The van der Waals surface area contributed by atoms with Gasteiger partial charge in [0.15, 0.2) is 11.5 Å². The van der Waals surface area contributed by atoms with E-state index in [2.05, 4.69) is 16.8 Å². The van der Waals surface area contributed by atoms with Gasteiger partial charge in [-0.15, -0.1) is 0 Å². The van der Waals surface area contributed by atoms with Gasteiger partial charge in [0.1, 0.15) is 6.61 Å². The molecule has 0 amide bonds. The molecule has 0 aliphatic carbocycles. The van der Waals surface area contributed by atoms with Crippen LogP contribution in [0.25, 0.3) is 0 Å². The van der Waals surface area contributed by atoms with Crippen LogP contribution < -0.4 is 9.47 Å². The average molecular weight is 322 g/mol. The highest BCUT2D eigenvalue weighted by Crippen LogP contribution is 2.27. The number of piperazine rings is 1. The van der Waals surface area contributed by atoms with Gasteiger partial charge in [-0.1, -0.05) is 12.1 Å². The molecule has 1 heterocycles. The smallest absolute Gasteiger partial charge is 0.161 e. The molecule has 0 spiro atoms. The van der Waals surface area contributed by atoms with E-state index in [0.717, 1.165) is 50.8 Å². The summed E-state index contributed by atoms with van der Waals surface area (Å²) in [6, 6.07) is 7.78. The number of rotatable bonds is 9. The number of likely N-dealkylation sites (N-methyl/N-ethyl adjacent to an activating group) is 1. The minimum absolute atomic E-state index is 0.139. The summed E-state index contributed by atoms with van der Waals surface area (Å²) < 4.78 is 17.2. The van der Waals surface area contributed by atoms with Crippen molar-refractivity contribution in [2.75, 3.05) is 59.6 Å². The molecule has 0 aromatic heterocycles. The zero-order valence-electron chi connectivity index (χ0n) is 14.7. The predicted octanol–water partition coefficient (Wildman–Crippen LogP) is 2.12. The fourth-order valence-corrected chi connectivity index (χ4v) is 2.50. The van der Waals surface area contributed by atoms with Crippen LogP contribution >= 0.6 is 0 Å². The third-order valence-electron chi connectivity index (χ3n) is 3.84. The zero-order chi connectivity index (χ0) is 16.5. The van der Waals surface area contributed by atoms with Gasteiger partial charge in [0.05, 0.1) is 19.3 Å². The summed E-state index contributed by atoms with van der Waals surface area (Å²) in [5.41, 5.74) is 0. The Morgan fingerprint density at radius 2 is 1.65 bits per heavy atom. The van der Waals surface area contributed by atoms with E-state index < -0.39 is 0 Å². The average Bonchev–Trinajstić information content (AvgIpc) is 2.53. The summed E-state index contributed by atoms with van der Waals surface area (Å²) in [4.78, 5) is 4.81. The number of hydrogen-bond acceptors (Lipinski definition) is 5. The van der Waals surface area contributed by atoms with Crippen molar-refractivity contribution in [2.24, 2.45) is 0 Å². The van der Waals surface area contributed by atoms with Gasteiger partial charge in [0.25, 0.3) is 0 Å². The van der Waals surface area contributed by atoms with Gasteiger partial charge < -0.3 is 19.1 Å². The lowest BCUT2D eigenvalue weighted by Gasteiger charge is -2.32. The first-order valence-electron chi connectivity index (χ1n) is 8.52. The van der Waals surface area contributed by atoms with Crippen LogP contribution in [0.15, 0.2) is 24.3 Å². The second kappa shape index (κ2) is 9.75. The van der Waals surface area contributed by atoms with Crippen LogP contribution in [0.4, 0.5) is 0 Å². The summed E-state index contributed by atoms with van der Waals surface area (Å²) in [5.74, 6) is 1.57. The predicted molar refractivity (Wildman–Crippen MR) is 92.5 cm³/mol. The van der Waals surface area contributed by atoms with Crippen molar-refractivity contribution < 1.29 is 14.2 Å². The maximum atomic E-state index is 5.77. The summed E-state index contributed by atoms with van der Waals surface area (Å²) in [7, 11) is 2.17. The van der Waals surface area contributed by atoms with Crippen LogP contribution in [0.5, 0.6) is 11.5 Å². The van der Waals surface area contributed by atoms with Crippen LogP contribution in [0, 0.1) is 0 Å². The Kier molecular flexibility index (Phi) is 7.65. The standard InChI is InChI=1S/C18H30N2O3/c1-16(2)23-18-7-5-4-6-17(18)22-15-14-21-13-12-20-10-8-19(3)9-11-20/h4-7,16H,8-15H2,1-3H3. The fourth-order valence-electron chi connectivity index (χ4n) is 2.50. The SMILES string of the molecule is CC(C)Oc1ccccc1OCCOCCN1CCN(C)CC1. The summed E-state index contributed by atoms with van der Waals surface area (Å²) in [6.07, 6.45) is 0.139. The summed E-state index contributed by atoms with van der Waals surface area (Å²) in [5, 5.41) is 0. The Labute approximate surface area is 140 Å². The van der Waals surface area contributed by atoms with Crippen LogP contribution in [-0.4, -0.2) is 75.5 Å². The van der Waals surface area contributed by atoms with E-state index in [1.165, 1.54) is 0 Å². The van der Waals surface area contributed by atoms with Gasteiger partial charge in [-0.3, -0.25) is 4.90 Å². The lowest BCUT2D eigenvalue weighted by atomic mass is 10.3. The number of benzene rings is 1. The maximum Gasteiger partial charge on any atom is 0.161 e. The van der Waals surface area contributed by atoms with Crippen LogP contribution in [-0.2, 0) is 4.74 Å². The van der Waals surface area contributed by atoms with E-state index in [1.54, 1.807) is 0 Å². The Hall–Kier alpha value is -1.30. The normalized spacial score (nSPS) is 16.7. The molecule has 1 saturated heterocycles. The maximum absolute atomic E-state index is 5.77. The highest BCUT2D eigenvalue weighted by atomic mass is 16.5. The molecule has 1 aromatic rings. The molecule has 23 heavy (non-hydrogen) atoms. The Balaban J connectivity index is 1.59. The molecule has 1 aliphatic rings. The molecule has 1 aromatic carbocycles. The van der Waals surface area contributed by atoms with Crippen molar-refractivity contribution in [3.05, 3.63) is 24.3 Å². The van der Waals surface area contributed by atoms with Gasteiger partial charge in [-0.25, -0.2) is 0 Å². The van der Waals surface area contributed by atoms with Crippen molar-refractivity contribution in [3.8, 4) is 11.5 Å². The third-order valence-corrected chi connectivity index (χ3v) is 3.84. The lowest BCUT2D eigenvalue weighted by Crippen LogP contribution is -2.45. The first-order chi connectivity index (χ1) is 11.1. The molecule has 0 bridgehead atoms. The number of para-hydroxylation sites is 2. The van der Waals surface area contributed by atoms with E-state index in [9.17, 15) is 0 Å². The van der Waals surface area contributed by atoms with Crippen molar-refractivity contribution in [3.63, 3.8) is 0 Å². The molecule has 1 fully saturated rings. The van der Waals surface area contributed by atoms with E-state index >= 15 is 0 Å². The van der Waals surface area contributed by atoms with Crippen LogP contribution in [0.1, 0.15) is 13.8 Å². The highest BCUT2D eigenvalue weighted by Gasteiger charge is 2.12. The zero-order valence-corrected chi connectivity index (χ0v) is 14.7. The van der Waals surface area contributed by atoms with E-state index in [0.29, 0.717) is 13.2 Å². The molecule has 0 N–H and O–H groups in total. The Morgan fingerprint density at radius 3 is 2.35 bits per heavy atom. The van der Waals surface area contributed by atoms with Crippen molar-refractivity contribution >= 4 is 0 Å². The molecule has 5 heteroatoms. The van der Waals surface area contributed by atoms with Gasteiger partial charge >= 0.3 is 0 Å². The first kappa shape index (κ1) is 18.0. The molecule has 0 unspecified atom stereocenters. The van der Waals surface area contributed by atoms with E-state index in [4.69, 9.17) is 14.2 Å².